The summed E-state index contributed by atoms with van der Waals surface area (Å²) in [4.78, 5) is 27.5. The van der Waals surface area contributed by atoms with E-state index in [9.17, 15) is 9.59 Å². The third-order valence-electron chi connectivity index (χ3n) is 4.38. The van der Waals surface area contributed by atoms with Crippen LogP contribution in [0.4, 0.5) is 0 Å². The molecule has 0 aliphatic heterocycles. The normalized spacial score (nSPS) is 12.4. The number of aryl methyl sites for hydroxylation is 1. The number of carbonyl (C=O) groups excluding carboxylic acids is 2. The average molecular weight is 401 g/mol. The molecule has 0 aliphatic carbocycles. The summed E-state index contributed by atoms with van der Waals surface area (Å²) in [6.07, 6.45) is 0.194. The van der Waals surface area contributed by atoms with Gasteiger partial charge in [0.15, 0.2) is 0 Å². The van der Waals surface area contributed by atoms with Gasteiger partial charge in [0.1, 0.15) is 6.04 Å². The maximum Gasteiger partial charge on any atom is 0.242 e. The number of halogens is 1. The Balaban J connectivity index is 2.24. The molecule has 0 aliphatic rings. The number of amides is 2. The summed E-state index contributed by atoms with van der Waals surface area (Å²) in [7, 11) is 0. The fourth-order valence-corrected chi connectivity index (χ4v) is 3.08. The Morgan fingerprint density at radius 2 is 1.71 bits per heavy atom. The van der Waals surface area contributed by atoms with Crippen molar-refractivity contribution in [2.45, 2.75) is 59.2 Å². The van der Waals surface area contributed by atoms with Crippen LogP contribution in [0.1, 0.15) is 44.4 Å². The molecule has 2 rings (SSSR count). The largest absolute Gasteiger partial charge is 0.350 e. The van der Waals surface area contributed by atoms with Crippen molar-refractivity contribution in [2.24, 2.45) is 0 Å². The zero-order valence-electron chi connectivity index (χ0n) is 17.3. The summed E-state index contributed by atoms with van der Waals surface area (Å²) >= 11 is 6.05. The van der Waals surface area contributed by atoms with Crippen LogP contribution >= 0.6 is 11.6 Å². The Bertz CT molecular complexity index is 825. The third-order valence-corrected chi connectivity index (χ3v) is 4.62. The number of benzene rings is 2. The highest BCUT2D eigenvalue weighted by Gasteiger charge is 2.28. The molecule has 1 N–H and O–H groups in total. The van der Waals surface area contributed by atoms with Crippen molar-refractivity contribution in [1.82, 2.24) is 10.2 Å². The van der Waals surface area contributed by atoms with Crippen molar-refractivity contribution in [3.05, 3.63) is 70.2 Å². The number of hydrogen-bond acceptors (Lipinski definition) is 2. The Hall–Kier alpha value is -2.33. The molecular weight excluding hydrogens is 372 g/mol. The summed E-state index contributed by atoms with van der Waals surface area (Å²) in [5, 5.41) is 3.56. The lowest BCUT2D eigenvalue weighted by atomic mass is 10.1. The Morgan fingerprint density at radius 1 is 1.07 bits per heavy atom. The first-order valence-electron chi connectivity index (χ1n) is 9.46. The molecule has 4 nitrogen and oxygen atoms in total. The quantitative estimate of drug-likeness (QED) is 0.774. The van der Waals surface area contributed by atoms with Crippen molar-refractivity contribution in [1.29, 1.82) is 0 Å². The molecule has 0 aromatic heterocycles. The van der Waals surface area contributed by atoms with Crippen LogP contribution in [0.3, 0.4) is 0 Å². The lowest BCUT2D eigenvalue weighted by Gasteiger charge is -2.31. The molecule has 0 fully saturated rings. The molecule has 0 spiro atoms. The van der Waals surface area contributed by atoms with Gasteiger partial charge in [-0.2, -0.15) is 0 Å². The minimum Gasteiger partial charge on any atom is -0.350 e. The average Bonchev–Trinajstić information content (AvgIpc) is 2.59. The molecule has 150 valence electrons. The first-order valence-corrected chi connectivity index (χ1v) is 9.84. The Morgan fingerprint density at radius 3 is 2.29 bits per heavy atom. The topological polar surface area (TPSA) is 49.4 Å². The second-order valence-electron chi connectivity index (χ2n) is 8.23. The molecule has 1 unspecified atom stereocenters. The monoisotopic (exact) mass is 400 g/mol. The van der Waals surface area contributed by atoms with E-state index in [0.717, 1.165) is 16.7 Å². The second-order valence-corrected chi connectivity index (χ2v) is 8.67. The van der Waals surface area contributed by atoms with Crippen LogP contribution in [0.25, 0.3) is 0 Å². The van der Waals surface area contributed by atoms with Crippen LogP contribution in [-0.2, 0) is 22.6 Å². The van der Waals surface area contributed by atoms with Gasteiger partial charge in [0.2, 0.25) is 11.8 Å². The Kier molecular flexibility index (Phi) is 7.25. The highest BCUT2D eigenvalue weighted by Crippen LogP contribution is 2.16. The predicted molar refractivity (Wildman–Crippen MR) is 114 cm³/mol. The SMILES string of the molecule is Cc1ccc(CN(C(=O)Cc2cccc(Cl)c2)C(C)C(=O)NC(C)(C)C)cc1. The van der Waals surface area contributed by atoms with Gasteiger partial charge in [-0.25, -0.2) is 0 Å². The molecule has 2 aromatic carbocycles. The fourth-order valence-electron chi connectivity index (χ4n) is 2.87. The summed E-state index contributed by atoms with van der Waals surface area (Å²) in [5.74, 6) is -0.279. The van der Waals surface area contributed by atoms with E-state index in [1.807, 2.05) is 64.1 Å². The molecule has 28 heavy (non-hydrogen) atoms. The highest BCUT2D eigenvalue weighted by molar-refractivity contribution is 6.30. The van der Waals surface area contributed by atoms with Crippen LogP contribution in [0.2, 0.25) is 5.02 Å². The molecule has 2 aromatic rings. The lowest BCUT2D eigenvalue weighted by molar-refractivity contribution is -0.140. The molecule has 2 amide bonds. The van der Waals surface area contributed by atoms with Gasteiger partial charge in [-0.3, -0.25) is 9.59 Å². The van der Waals surface area contributed by atoms with E-state index >= 15 is 0 Å². The molecule has 1 atom stereocenters. The van der Waals surface area contributed by atoms with Gasteiger partial charge in [0.05, 0.1) is 6.42 Å². The number of carbonyl (C=O) groups is 2. The van der Waals surface area contributed by atoms with Crippen molar-refractivity contribution in [3.8, 4) is 0 Å². The summed E-state index contributed by atoms with van der Waals surface area (Å²) in [6.45, 7) is 9.94. The molecule has 0 saturated carbocycles. The smallest absolute Gasteiger partial charge is 0.242 e. The number of hydrogen-bond donors (Lipinski definition) is 1. The standard InChI is InChI=1S/C23H29ClN2O2/c1-16-9-11-18(12-10-16)15-26(17(2)22(28)25-23(3,4)5)21(27)14-19-7-6-8-20(24)13-19/h6-13,17H,14-15H2,1-5H3,(H,25,28). The van der Waals surface area contributed by atoms with Crippen molar-refractivity contribution in [2.75, 3.05) is 0 Å². The van der Waals surface area contributed by atoms with Crippen molar-refractivity contribution < 1.29 is 9.59 Å². The maximum atomic E-state index is 13.1. The van der Waals surface area contributed by atoms with Gasteiger partial charge in [0, 0.05) is 17.1 Å². The van der Waals surface area contributed by atoms with Gasteiger partial charge in [0.25, 0.3) is 0 Å². The third kappa shape index (κ3) is 6.68. The van der Waals surface area contributed by atoms with E-state index in [4.69, 9.17) is 11.6 Å². The fraction of sp³-hybridized carbons (Fsp3) is 0.391. The van der Waals surface area contributed by atoms with E-state index in [1.165, 1.54) is 0 Å². The maximum absolute atomic E-state index is 13.1. The van der Waals surface area contributed by atoms with Gasteiger partial charge in [-0.15, -0.1) is 0 Å². The number of rotatable bonds is 6. The predicted octanol–water partition coefficient (Wildman–Crippen LogP) is 4.52. The second kappa shape index (κ2) is 9.24. The van der Waals surface area contributed by atoms with Crippen LogP contribution < -0.4 is 5.32 Å². The minimum atomic E-state index is -0.591. The van der Waals surface area contributed by atoms with Gasteiger partial charge >= 0.3 is 0 Å². The first-order chi connectivity index (χ1) is 13.0. The lowest BCUT2D eigenvalue weighted by Crippen LogP contribution is -2.52. The van der Waals surface area contributed by atoms with Crippen molar-refractivity contribution >= 4 is 23.4 Å². The summed E-state index contributed by atoms with van der Waals surface area (Å²) < 4.78 is 0. The van der Waals surface area contributed by atoms with Gasteiger partial charge in [-0.1, -0.05) is 53.6 Å². The highest BCUT2D eigenvalue weighted by atomic mass is 35.5. The molecule has 5 heteroatoms. The first kappa shape index (κ1) is 22.0. The summed E-state index contributed by atoms with van der Waals surface area (Å²) in [5.41, 5.74) is 2.60. The molecule has 0 radical (unpaired) electrons. The Labute approximate surface area is 172 Å². The van der Waals surface area contributed by atoms with Gasteiger partial charge < -0.3 is 10.2 Å². The zero-order chi connectivity index (χ0) is 20.9. The van der Waals surface area contributed by atoms with E-state index in [2.05, 4.69) is 5.32 Å². The number of nitrogens with one attached hydrogen (secondary N) is 1. The molecular formula is C23H29ClN2O2. The minimum absolute atomic E-state index is 0.112. The van der Waals surface area contributed by atoms with Crippen LogP contribution in [-0.4, -0.2) is 28.3 Å². The van der Waals surface area contributed by atoms with E-state index in [0.29, 0.717) is 11.6 Å². The van der Waals surface area contributed by atoms with Crippen LogP contribution in [0, 0.1) is 6.92 Å². The van der Waals surface area contributed by atoms with E-state index in [-0.39, 0.29) is 23.8 Å². The number of nitrogens with zero attached hydrogens (tertiary/aromatic N) is 1. The zero-order valence-corrected chi connectivity index (χ0v) is 18.0. The van der Waals surface area contributed by atoms with Crippen LogP contribution in [0.15, 0.2) is 48.5 Å². The van der Waals surface area contributed by atoms with Crippen LogP contribution in [0.5, 0.6) is 0 Å². The van der Waals surface area contributed by atoms with E-state index in [1.54, 1.807) is 24.0 Å². The summed E-state index contributed by atoms with van der Waals surface area (Å²) in [6, 6.07) is 14.7. The van der Waals surface area contributed by atoms with E-state index < -0.39 is 6.04 Å². The molecule has 0 bridgehead atoms. The molecule has 0 heterocycles. The molecule has 0 saturated heterocycles. The van der Waals surface area contributed by atoms with Gasteiger partial charge in [-0.05, 0) is 57.9 Å². The van der Waals surface area contributed by atoms with Crippen molar-refractivity contribution in [3.63, 3.8) is 0 Å².